The molecule has 1 fully saturated rings. The van der Waals surface area contributed by atoms with E-state index in [1.807, 2.05) is 0 Å². The van der Waals surface area contributed by atoms with Crippen LogP contribution in [0.3, 0.4) is 0 Å². The maximum Gasteiger partial charge on any atom is 0.217 e. The number of rotatable bonds is 8. The van der Waals surface area contributed by atoms with Crippen LogP contribution in [0.25, 0.3) is 0 Å². The highest BCUT2D eigenvalue weighted by Gasteiger charge is 2.44. The molecule has 7 nitrogen and oxygen atoms in total. The third kappa shape index (κ3) is 5.35. The predicted octanol–water partition coefficient (Wildman–Crippen LogP) is -1.02. The van der Waals surface area contributed by atoms with Gasteiger partial charge in [-0.05, 0) is 19.3 Å². The quantitative estimate of drug-likeness (QED) is 0.337. The van der Waals surface area contributed by atoms with Crippen LogP contribution in [0, 0.1) is 5.92 Å². The number of nitrogens with one attached hydrogen (secondary N) is 1. The number of aliphatic hydroxyl groups excluding tert-OH is 3. The Bertz CT molecular complexity index is 337. The van der Waals surface area contributed by atoms with Crippen molar-refractivity contribution in [3.8, 4) is 0 Å². The van der Waals surface area contributed by atoms with Gasteiger partial charge in [0, 0.05) is 32.5 Å². The molecule has 1 aliphatic carbocycles. The summed E-state index contributed by atoms with van der Waals surface area (Å²) < 4.78 is 5.68. The van der Waals surface area contributed by atoms with E-state index >= 15 is 0 Å². The summed E-state index contributed by atoms with van der Waals surface area (Å²) in [6, 6.07) is -0.702. The number of carbonyl (C=O) groups excluding carboxylic acids is 2. The molecule has 0 aromatic heterocycles. The molecule has 0 saturated heterocycles. The number of carbonyl (C=O) groups is 2. The standard InChI is InChI=1S/C14H25NO6/c1-9(18)15-12-11(21-6-4-2-3-5-16)7-10(8-17)13(19)14(12)20/h5,10-14,17,19-20H,2-4,6-8H2,1H3,(H,15,18)/t10?,11-,12?,13+,14?/m1/s1. The zero-order chi connectivity index (χ0) is 15.8. The van der Waals surface area contributed by atoms with E-state index in [1.165, 1.54) is 6.92 Å². The van der Waals surface area contributed by atoms with Crippen LogP contribution in [0.15, 0.2) is 0 Å². The summed E-state index contributed by atoms with van der Waals surface area (Å²) in [5.74, 6) is -0.798. The van der Waals surface area contributed by atoms with E-state index < -0.39 is 30.3 Å². The molecule has 0 aromatic rings. The van der Waals surface area contributed by atoms with Crippen molar-refractivity contribution < 1.29 is 29.6 Å². The van der Waals surface area contributed by atoms with E-state index in [1.54, 1.807) is 0 Å². The Morgan fingerprint density at radius 3 is 2.62 bits per heavy atom. The molecule has 21 heavy (non-hydrogen) atoms. The summed E-state index contributed by atoms with van der Waals surface area (Å²) in [6.45, 7) is 1.48. The van der Waals surface area contributed by atoms with Gasteiger partial charge in [-0.15, -0.1) is 0 Å². The third-order valence-corrected chi connectivity index (χ3v) is 3.79. The Balaban J connectivity index is 2.60. The fourth-order valence-electron chi connectivity index (χ4n) is 2.63. The molecular weight excluding hydrogens is 278 g/mol. The molecule has 0 radical (unpaired) electrons. The molecule has 1 rings (SSSR count). The maximum atomic E-state index is 11.2. The highest BCUT2D eigenvalue weighted by atomic mass is 16.5. The van der Waals surface area contributed by atoms with Gasteiger partial charge in [0.05, 0.1) is 18.2 Å². The van der Waals surface area contributed by atoms with Gasteiger partial charge in [0.2, 0.25) is 5.91 Å². The summed E-state index contributed by atoms with van der Waals surface area (Å²) in [6.07, 6.45) is 0.349. The molecule has 0 bridgehead atoms. The smallest absolute Gasteiger partial charge is 0.217 e. The summed E-state index contributed by atoms with van der Waals surface area (Å²) >= 11 is 0. The molecule has 0 aliphatic heterocycles. The van der Waals surface area contributed by atoms with Gasteiger partial charge < -0.3 is 30.2 Å². The van der Waals surface area contributed by atoms with Crippen LogP contribution in [0.5, 0.6) is 0 Å². The first-order chi connectivity index (χ1) is 10.0. The number of ether oxygens (including phenoxy) is 1. The largest absolute Gasteiger partial charge is 0.396 e. The molecule has 5 atom stereocenters. The van der Waals surface area contributed by atoms with E-state index in [-0.39, 0.29) is 12.5 Å². The van der Waals surface area contributed by atoms with Gasteiger partial charge >= 0.3 is 0 Å². The van der Waals surface area contributed by atoms with Crippen molar-refractivity contribution in [2.24, 2.45) is 5.92 Å². The highest BCUT2D eigenvalue weighted by molar-refractivity contribution is 5.73. The average molecular weight is 303 g/mol. The van der Waals surface area contributed by atoms with Gasteiger partial charge in [0.15, 0.2) is 0 Å². The molecule has 7 heteroatoms. The zero-order valence-electron chi connectivity index (χ0n) is 12.3. The lowest BCUT2D eigenvalue weighted by Gasteiger charge is -2.42. The second kappa shape index (κ2) is 9.09. The summed E-state index contributed by atoms with van der Waals surface area (Å²) in [5.41, 5.74) is 0. The van der Waals surface area contributed by atoms with Crippen molar-refractivity contribution in [1.29, 1.82) is 0 Å². The molecule has 3 unspecified atom stereocenters. The number of amides is 1. The number of hydrogen-bond donors (Lipinski definition) is 4. The highest BCUT2D eigenvalue weighted by Crippen LogP contribution is 2.28. The molecule has 122 valence electrons. The molecule has 0 heterocycles. The summed E-state index contributed by atoms with van der Waals surface area (Å²) in [4.78, 5) is 21.5. The van der Waals surface area contributed by atoms with Crippen LogP contribution >= 0.6 is 0 Å². The first kappa shape index (κ1) is 18.0. The van der Waals surface area contributed by atoms with Gasteiger partial charge in [0.1, 0.15) is 12.4 Å². The lowest BCUT2D eigenvalue weighted by molar-refractivity contribution is -0.142. The molecule has 1 aliphatic rings. The zero-order valence-corrected chi connectivity index (χ0v) is 12.3. The predicted molar refractivity (Wildman–Crippen MR) is 74.5 cm³/mol. The van der Waals surface area contributed by atoms with E-state index in [2.05, 4.69) is 5.32 Å². The molecular formula is C14H25NO6. The SMILES string of the molecule is CC(=O)NC1C(O)[C@@H](O)C(CO)C[C@H]1OCCCCC=O. The first-order valence-corrected chi connectivity index (χ1v) is 7.30. The topological polar surface area (TPSA) is 116 Å². The van der Waals surface area contributed by atoms with E-state index in [4.69, 9.17) is 4.74 Å². The van der Waals surface area contributed by atoms with Gasteiger partial charge in [-0.25, -0.2) is 0 Å². The monoisotopic (exact) mass is 303 g/mol. The number of aliphatic hydroxyl groups is 3. The second-order valence-corrected chi connectivity index (χ2v) is 5.46. The number of hydrogen-bond acceptors (Lipinski definition) is 6. The lowest BCUT2D eigenvalue weighted by Crippen LogP contribution is -2.61. The maximum absolute atomic E-state index is 11.2. The normalized spacial score (nSPS) is 32.7. The fourth-order valence-corrected chi connectivity index (χ4v) is 2.63. The van der Waals surface area contributed by atoms with Crippen molar-refractivity contribution in [3.05, 3.63) is 0 Å². The lowest BCUT2D eigenvalue weighted by atomic mass is 9.79. The van der Waals surface area contributed by atoms with Crippen LogP contribution in [0.4, 0.5) is 0 Å². The third-order valence-electron chi connectivity index (χ3n) is 3.79. The molecule has 4 N–H and O–H groups in total. The Kier molecular flexibility index (Phi) is 7.81. The second-order valence-electron chi connectivity index (χ2n) is 5.46. The van der Waals surface area contributed by atoms with E-state index in [9.17, 15) is 24.9 Å². The van der Waals surface area contributed by atoms with Crippen molar-refractivity contribution in [1.82, 2.24) is 5.32 Å². The van der Waals surface area contributed by atoms with Crippen molar-refractivity contribution >= 4 is 12.2 Å². The van der Waals surface area contributed by atoms with Crippen LogP contribution < -0.4 is 5.32 Å². The summed E-state index contributed by atoms with van der Waals surface area (Å²) in [7, 11) is 0. The molecule has 0 spiro atoms. The van der Waals surface area contributed by atoms with Crippen molar-refractivity contribution in [2.45, 2.75) is 57.0 Å². The Morgan fingerprint density at radius 2 is 2.05 bits per heavy atom. The van der Waals surface area contributed by atoms with Crippen LogP contribution in [0.2, 0.25) is 0 Å². The Labute approximate surface area is 124 Å². The van der Waals surface area contributed by atoms with Crippen molar-refractivity contribution in [2.75, 3.05) is 13.2 Å². The van der Waals surface area contributed by atoms with Gasteiger partial charge in [-0.2, -0.15) is 0 Å². The number of aldehydes is 1. The first-order valence-electron chi connectivity index (χ1n) is 7.30. The van der Waals surface area contributed by atoms with E-state index in [0.717, 1.165) is 12.7 Å². The van der Waals surface area contributed by atoms with Crippen molar-refractivity contribution in [3.63, 3.8) is 0 Å². The fraction of sp³-hybridized carbons (Fsp3) is 0.857. The number of unbranched alkanes of at least 4 members (excludes halogenated alkanes) is 2. The Hall–Kier alpha value is -1.02. The van der Waals surface area contributed by atoms with E-state index in [0.29, 0.717) is 25.9 Å². The van der Waals surface area contributed by atoms with Gasteiger partial charge in [-0.3, -0.25) is 4.79 Å². The minimum Gasteiger partial charge on any atom is -0.396 e. The Morgan fingerprint density at radius 1 is 1.33 bits per heavy atom. The van der Waals surface area contributed by atoms with Gasteiger partial charge in [-0.1, -0.05) is 0 Å². The molecule has 0 aromatic carbocycles. The molecule has 1 amide bonds. The summed E-state index contributed by atoms with van der Waals surface area (Å²) in [5, 5.41) is 31.9. The van der Waals surface area contributed by atoms with Crippen LogP contribution in [-0.2, 0) is 14.3 Å². The minimum absolute atomic E-state index is 0.254. The average Bonchev–Trinajstić information content (AvgIpc) is 2.45. The van der Waals surface area contributed by atoms with Crippen LogP contribution in [-0.4, -0.2) is 65.1 Å². The minimum atomic E-state index is -1.18. The molecule has 1 saturated carbocycles. The van der Waals surface area contributed by atoms with Crippen LogP contribution in [0.1, 0.15) is 32.6 Å². The van der Waals surface area contributed by atoms with Gasteiger partial charge in [0.25, 0.3) is 0 Å².